The number of aliphatic hydroxyl groups excluding tert-OH is 1. The van der Waals surface area contributed by atoms with Crippen LogP contribution >= 0.6 is 0 Å². The van der Waals surface area contributed by atoms with Crippen LogP contribution in [0.25, 0.3) is 0 Å². The van der Waals surface area contributed by atoms with E-state index in [1.54, 1.807) is 0 Å². The topological polar surface area (TPSA) is 93.1 Å². The molecule has 1 saturated carbocycles. The monoisotopic (exact) mass is 392 g/mol. The van der Waals surface area contributed by atoms with Gasteiger partial charge in [-0.15, -0.1) is 0 Å². The summed E-state index contributed by atoms with van der Waals surface area (Å²) in [5.41, 5.74) is 1.23. The minimum absolute atomic E-state index is 0.0196. The molecule has 6 heteroatoms. The van der Waals surface area contributed by atoms with Gasteiger partial charge in [0.2, 0.25) is 0 Å². The number of benzene rings is 1. The maximum Gasteiger partial charge on any atom is 0.310 e. The highest BCUT2D eigenvalue weighted by molar-refractivity contribution is 5.81. The van der Waals surface area contributed by atoms with Crippen LogP contribution in [0.3, 0.4) is 0 Å². The molecule has 1 aliphatic rings. The third-order valence-electron chi connectivity index (χ3n) is 5.71. The van der Waals surface area contributed by atoms with Crippen LogP contribution in [0, 0.1) is 17.8 Å². The Bertz CT molecular complexity index is 639. The van der Waals surface area contributed by atoms with E-state index in [1.165, 1.54) is 5.56 Å². The zero-order chi connectivity index (χ0) is 20.7. The summed E-state index contributed by atoms with van der Waals surface area (Å²) < 4.78 is 11.0. The van der Waals surface area contributed by atoms with Gasteiger partial charge in [0.05, 0.1) is 18.4 Å². The minimum Gasteiger partial charge on any atom is -0.490 e. The molecule has 1 aliphatic carbocycles. The summed E-state index contributed by atoms with van der Waals surface area (Å²) in [4.78, 5) is 23.8. The fourth-order valence-corrected chi connectivity index (χ4v) is 3.53. The van der Waals surface area contributed by atoms with E-state index in [0.717, 1.165) is 12.8 Å². The fourth-order valence-electron chi connectivity index (χ4n) is 3.53. The molecule has 4 atom stereocenters. The molecule has 0 spiro atoms. The normalized spacial score (nSPS) is 21.8. The summed E-state index contributed by atoms with van der Waals surface area (Å²) >= 11 is 0. The number of hydrogen-bond donors (Lipinski definition) is 2. The van der Waals surface area contributed by atoms with E-state index >= 15 is 0 Å². The van der Waals surface area contributed by atoms with Crippen LogP contribution in [0.1, 0.15) is 57.9 Å². The minimum atomic E-state index is -0.964. The van der Waals surface area contributed by atoms with E-state index < -0.39 is 29.9 Å². The molecule has 0 bridgehead atoms. The number of carboxylic acids is 1. The van der Waals surface area contributed by atoms with Crippen molar-refractivity contribution >= 4 is 11.9 Å². The summed E-state index contributed by atoms with van der Waals surface area (Å²) in [6.45, 7) is 6.18. The van der Waals surface area contributed by atoms with Gasteiger partial charge in [-0.3, -0.25) is 9.59 Å². The van der Waals surface area contributed by atoms with E-state index in [2.05, 4.69) is 20.8 Å². The molecule has 2 rings (SSSR count). The van der Waals surface area contributed by atoms with Crippen LogP contribution in [0.15, 0.2) is 24.3 Å². The molecule has 1 fully saturated rings. The molecular formula is C22H32O6. The number of rotatable bonds is 9. The highest BCUT2D eigenvalue weighted by Crippen LogP contribution is 2.31. The van der Waals surface area contributed by atoms with E-state index in [-0.39, 0.29) is 13.2 Å². The molecule has 1 aromatic rings. The zero-order valence-corrected chi connectivity index (χ0v) is 17.0. The Balaban J connectivity index is 1.90. The number of esters is 1. The van der Waals surface area contributed by atoms with Crippen molar-refractivity contribution in [3.05, 3.63) is 29.8 Å². The largest absolute Gasteiger partial charge is 0.490 e. The second-order valence-electron chi connectivity index (χ2n) is 7.99. The first-order chi connectivity index (χ1) is 13.3. The molecular weight excluding hydrogens is 360 g/mol. The van der Waals surface area contributed by atoms with Gasteiger partial charge in [-0.2, -0.15) is 0 Å². The average molecular weight is 392 g/mol. The first-order valence-electron chi connectivity index (χ1n) is 10.1. The molecule has 1 aromatic carbocycles. The van der Waals surface area contributed by atoms with Gasteiger partial charge in [0.15, 0.2) is 6.10 Å². The third kappa shape index (κ3) is 5.96. The van der Waals surface area contributed by atoms with Crippen molar-refractivity contribution in [2.75, 3.05) is 13.2 Å². The fraction of sp³-hybridized carbons (Fsp3) is 0.636. The number of ether oxygens (including phenoxy) is 2. The Hall–Kier alpha value is -2.08. The number of aliphatic hydroxyl groups is 1. The van der Waals surface area contributed by atoms with Gasteiger partial charge in [-0.05, 0) is 42.4 Å². The Kier molecular flexibility index (Phi) is 8.30. The molecule has 0 radical (unpaired) electrons. The van der Waals surface area contributed by atoms with E-state index in [9.17, 15) is 19.8 Å². The van der Waals surface area contributed by atoms with Crippen LogP contribution < -0.4 is 4.74 Å². The van der Waals surface area contributed by atoms with E-state index in [4.69, 9.17) is 9.47 Å². The molecule has 28 heavy (non-hydrogen) atoms. The molecule has 0 heterocycles. The van der Waals surface area contributed by atoms with Gasteiger partial charge < -0.3 is 19.7 Å². The molecule has 2 N–H and O–H groups in total. The van der Waals surface area contributed by atoms with Gasteiger partial charge in [0.25, 0.3) is 0 Å². The zero-order valence-electron chi connectivity index (χ0n) is 17.0. The lowest BCUT2D eigenvalue weighted by Crippen LogP contribution is -2.37. The summed E-state index contributed by atoms with van der Waals surface area (Å²) in [5.74, 6) is -1.27. The molecule has 0 amide bonds. The van der Waals surface area contributed by atoms with Gasteiger partial charge in [0, 0.05) is 0 Å². The quantitative estimate of drug-likeness (QED) is 0.624. The first-order valence-corrected chi connectivity index (χ1v) is 10.1. The number of hydrogen-bond acceptors (Lipinski definition) is 5. The highest BCUT2D eigenvalue weighted by atomic mass is 16.6. The molecule has 156 valence electrons. The van der Waals surface area contributed by atoms with E-state index in [1.807, 2.05) is 24.3 Å². The number of carbonyl (C=O) groups excluding carboxylic acids is 1. The lowest BCUT2D eigenvalue weighted by molar-refractivity contribution is -0.166. The van der Waals surface area contributed by atoms with Gasteiger partial charge in [0.1, 0.15) is 12.4 Å². The Morgan fingerprint density at radius 2 is 1.68 bits per heavy atom. The van der Waals surface area contributed by atoms with Crippen molar-refractivity contribution in [3.63, 3.8) is 0 Å². The second-order valence-corrected chi connectivity index (χ2v) is 7.99. The van der Waals surface area contributed by atoms with Crippen molar-refractivity contribution in [2.45, 2.75) is 58.5 Å². The summed E-state index contributed by atoms with van der Waals surface area (Å²) in [6.07, 6.45) is 1.78. The average Bonchev–Trinajstić information content (AvgIpc) is 2.70. The lowest BCUT2D eigenvalue weighted by atomic mass is 9.79. The second kappa shape index (κ2) is 10.5. The summed E-state index contributed by atoms with van der Waals surface area (Å²) in [7, 11) is 0. The smallest absolute Gasteiger partial charge is 0.310 e. The molecule has 0 aromatic heterocycles. The maximum atomic E-state index is 12.4. The van der Waals surface area contributed by atoms with Gasteiger partial charge in [-0.25, -0.2) is 0 Å². The summed E-state index contributed by atoms with van der Waals surface area (Å²) in [6, 6.07) is 7.76. The van der Waals surface area contributed by atoms with Crippen LogP contribution in [0.4, 0.5) is 0 Å². The molecule has 6 nitrogen and oxygen atoms in total. The van der Waals surface area contributed by atoms with Crippen molar-refractivity contribution in [1.29, 1.82) is 0 Å². The van der Waals surface area contributed by atoms with Gasteiger partial charge >= 0.3 is 11.9 Å². The van der Waals surface area contributed by atoms with Crippen molar-refractivity contribution in [2.24, 2.45) is 17.8 Å². The molecule has 0 aliphatic heterocycles. The van der Waals surface area contributed by atoms with Crippen molar-refractivity contribution < 1.29 is 29.3 Å². The number of carboxylic acid groups (broad SMARTS) is 1. The number of carbonyl (C=O) groups is 2. The Morgan fingerprint density at radius 1 is 1.07 bits per heavy atom. The van der Waals surface area contributed by atoms with Crippen LogP contribution in [0.5, 0.6) is 5.75 Å². The Labute approximate surface area is 166 Å². The van der Waals surface area contributed by atoms with Crippen molar-refractivity contribution in [1.82, 2.24) is 0 Å². The van der Waals surface area contributed by atoms with Crippen LogP contribution in [0.2, 0.25) is 0 Å². The SMILES string of the molecule is CC(C)C(C)c1ccc(OCC(CO)OC(=O)C2CCCCC2C(=O)O)cc1. The predicted molar refractivity (Wildman–Crippen MR) is 105 cm³/mol. The predicted octanol–water partition coefficient (Wildman–Crippen LogP) is 3.62. The first kappa shape index (κ1) is 22.2. The highest BCUT2D eigenvalue weighted by Gasteiger charge is 2.37. The molecule has 0 saturated heterocycles. The van der Waals surface area contributed by atoms with Crippen LogP contribution in [-0.4, -0.2) is 41.5 Å². The molecule has 4 unspecified atom stereocenters. The van der Waals surface area contributed by atoms with Crippen molar-refractivity contribution in [3.8, 4) is 5.75 Å². The number of aliphatic carboxylic acids is 1. The van der Waals surface area contributed by atoms with Crippen LogP contribution in [-0.2, 0) is 14.3 Å². The lowest BCUT2D eigenvalue weighted by Gasteiger charge is -2.28. The maximum absolute atomic E-state index is 12.4. The van der Waals surface area contributed by atoms with Gasteiger partial charge in [-0.1, -0.05) is 45.7 Å². The standard InChI is InChI=1S/C22H32O6/c1-14(2)15(3)16-8-10-17(11-9-16)27-13-18(12-23)28-22(26)20-7-5-4-6-19(20)21(24)25/h8-11,14-15,18-20,23H,4-7,12-13H2,1-3H3,(H,24,25). The van der Waals surface area contributed by atoms with E-state index in [0.29, 0.717) is 30.4 Å². The third-order valence-corrected chi connectivity index (χ3v) is 5.71. The Morgan fingerprint density at radius 3 is 2.21 bits per heavy atom. The summed E-state index contributed by atoms with van der Waals surface area (Å²) in [5, 5.41) is 18.8.